The van der Waals surface area contributed by atoms with Gasteiger partial charge in [0.15, 0.2) is 11.6 Å². The molecule has 4 rings (SSSR count). The largest absolute Gasteiger partial charge is 0.480 e. The van der Waals surface area contributed by atoms with Crippen molar-refractivity contribution in [3.8, 4) is 5.88 Å². The van der Waals surface area contributed by atoms with Gasteiger partial charge in [0.2, 0.25) is 11.8 Å². The number of hydrogen-bond donors (Lipinski definition) is 3. The molecule has 1 aliphatic rings. The van der Waals surface area contributed by atoms with Crippen LogP contribution in [-0.2, 0) is 10.0 Å². The minimum absolute atomic E-state index is 0.0427. The van der Waals surface area contributed by atoms with E-state index in [0.717, 1.165) is 25.7 Å². The van der Waals surface area contributed by atoms with Gasteiger partial charge in [-0.1, -0.05) is 35.9 Å². The van der Waals surface area contributed by atoms with Crippen LogP contribution in [0.15, 0.2) is 47.6 Å². The number of hydrogen-bond acceptors (Lipinski definition) is 8. The van der Waals surface area contributed by atoms with Gasteiger partial charge in [-0.3, -0.25) is 4.72 Å². The lowest BCUT2D eigenvalue weighted by Crippen LogP contribution is -2.35. The number of anilines is 2. The topological polar surface area (TPSA) is 118 Å². The second-order valence-corrected chi connectivity index (χ2v) is 10.6. The van der Waals surface area contributed by atoms with E-state index < -0.39 is 21.7 Å². The van der Waals surface area contributed by atoms with Crippen molar-refractivity contribution in [1.29, 1.82) is 0 Å². The van der Waals surface area contributed by atoms with Crippen LogP contribution in [0.25, 0.3) is 12.2 Å². The van der Waals surface area contributed by atoms with Gasteiger partial charge in [-0.25, -0.2) is 22.8 Å². The van der Waals surface area contributed by atoms with Crippen molar-refractivity contribution in [2.24, 2.45) is 0 Å². The van der Waals surface area contributed by atoms with E-state index in [-0.39, 0.29) is 21.4 Å². The third kappa shape index (κ3) is 6.54. The monoisotopic (exact) mass is 546 g/mol. The van der Waals surface area contributed by atoms with E-state index in [9.17, 15) is 8.42 Å². The third-order valence-corrected chi connectivity index (χ3v) is 7.87. The van der Waals surface area contributed by atoms with Crippen LogP contribution in [-0.4, -0.2) is 49.6 Å². The molecule has 3 aromatic rings. The molecule has 1 aromatic carbocycles. The number of pyridine rings is 1. The fraction of sp³-hybridized carbons (Fsp3) is 0.320. The van der Waals surface area contributed by atoms with Crippen LogP contribution in [0.4, 0.5) is 16.2 Å². The van der Waals surface area contributed by atoms with Gasteiger partial charge >= 0.3 is 0 Å². The van der Waals surface area contributed by atoms with Crippen molar-refractivity contribution in [3.05, 3.63) is 64.7 Å². The Morgan fingerprint density at radius 3 is 2.32 bits per heavy atom. The summed E-state index contributed by atoms with van der Waals surface area (Å²) in [5.41, 5.74) is 0.796. The molecule has 9 nitrogen and oxygen atoms in total. The Kier molecular flexibility index (Phi) is 8.57. The quantitative estimate of drug-likeness (QED) is 0.357. The van der Waals surface area contributed by atoms with Gasteiger partial charge in [-0.05, 0) is 50.9 Å². The fourth-order valence-electron chi connectivity index (χ4n) is 4.07. The van der Waals surface area contributed by atoms with E-state index in [0.29, 0.717) is 23.6 Å². The lowest BCUT2D eigenvalue weighted by atomic mass is 9.91. The Labute approximate surface area is 220 Å². The second kappa shape index (κ2) is 11.8. The summed E-state index contributed by atoms with van der Waals surface area (Å²) in [6, 6.07) is 8.45. The number of nitrogens with one attached hydrogen (secondary N) is 3. The van der Waals surface area contributed by atoms with E-state index in [2.05, 4.69) is 30.3 Å². The van der Waals surface area contributed by atoms with E-state index in [1.165, 1.54) is 25.3 Å². The zero-order valence-corrected chi connectivity index (χ0v) is 22.0. The summed E-state index contributed by atoms with van der Waals surface area (Å²) in [6.07, 6.45) is 10.7. The molecule has 196 valence electrons. The first-order chi connectivity index (χ1) is 17.8. The maximum atomic E-state index is 15.0. The molecule has 0 bridgehead atoms. The van der Waals surface area contributed by atoms with Crippen molar-refractivity contribution >= 4 is 45.5 Å². The summed E-state index contributed by atoms with van der Waals surface area (Å²) in [6.45, 7) is 0. The van der Waals surface area contributed by atoms with Gasteiger partial charge < -0.3 is 15.4 Å². The van der Waals surface area contributed by atoms with E-state index in [1.54, 1.807) is 36.7 Å². The minimum atomic E-state index is -4.08. The van der Waals surface area contributed by atoms with Gasteiger partial charge in [0.1, 0.15) is 0 Å². The second-order valence-electron chi connectivity index (χ2n) is 8.58. The molecule has 0 spiro atoms. The number of methoxy groups -OCH3 is 1. The summed E-state index contributed by atoms with van der Waals surface area (Å²) in [4.78, 5) is 12.7. The molecular formula is C25H28ClFN6O3S. The minimum Gasteiger partial charge on any atom is -0.480 e. The summed E-state index contributed by atoms with van der Waals surface area (Å²) in [5.74, 6) is -1.09. The Balaban J connectivity index is 1.48. The zero-order chi connectivity index (χ0) is 26.4. The molecule has 1 saturated carbocycles. The highest BCUT2D eigenvalue weighted by atomic mass is 35.5. The molecule has 3 N–H and O–H groups in total. The Morgan fingerprint density at radius 1 is 1.05 bits per heavy atom. The molecule has 0 aliphatic heterocycles. The van der Waals surface area contributed by atoms with Crippen LogP contribution in [0.5, 0.6) is 5.88 Å². The molecule has 2 aromatic heterocycles. The Hall–Kier alpha value is -3.28. The number of benzene rings is 1. The number of nitrogens with zero attached hydrogens (tertiary/aromatic N) is 3. The SMILES string of the molecule is CNC1CCC(Nc2ncc(/C=C/c3c(OC)nc(NS(=O)(=O)c4ccccc4)c(F)c3Cl)cn2)CC1. The van der Waals surface area contributed by atoms with Gasteiger partial charge in [0, 0.05) is 30.0 Å². The highest BCUT2D eigenvalue weighted by molar-refractivity contribution is 7.92. The van der Waals surface area contributed by atoms with Crippen LogP contribution >= 0.6 is 11.6 Å². The van der Waals surface area contributed by atoms with Crippen molar-refractivity contribution in [3.63, 3.8) is 0 Å². The Morgan fingerprint density at radius 2 is 1.70 bits per heavy atom. The molecule has 0 saturated heterocycles. The molecule has 2 heterocycles. The molecule has 0 atom stereocenters. The standard InChI is InChI=1S/C25H28ClFN6O3S/c1-28-17-9-11-18(12-10-17)31-25-29-14-16(15-30-25)8-13-20-21(26)22(27)23(32-24(20)36-2)33-37(34,35)19-6-4-3-5-7-19/h3-8,13-15,17-18,28H,9-12H2,1-2H3,(H,32,33)(H,29,30,31)/b13-8+. The van der Waals surface area contributed by atoms with Crippen LogP contribution in [0.3, 0.4) is 0 Å². The lowest BCUT2D eigenvalue weighted by molar-refractivity contribution is 0.370. The summed E-state index contributed by atoms with van der Waals surface area (Å²) in [7, 11) is -0.756. The number of ether oxygens (including phenoxy) is 1. The predicted octanol–water partition coefficient (Wildman–Crippen LogP) is 4.59. The zero-order valence-electron chi connectivity index (χ0n) is 20.4. The number of aromatic nitrogens is 3. The summed E-state index contributed by atoms with van der Waals surface area (Å²) < 4.78 is 47.6. The van der Waals surface area contributed by atoms with Gasteiger partial charge in [0.05, 0.1) is 22.6 Å². The lowest BCUT2D eigenvalue weighted by Gasteiger charge is -2.28. The van der Waals surface area contributed by atoms with Crippen LogP contribution in [0.1, 0.15) is 36.8 Å². The van der Waals surface area contributed by atoms with Gasteiger partial charge in [-0.2, -0.15) is 4.98 Å². The summed E-state index contributed by atoms with van der Waals surface area (Å²) >= 11 is 6.25. The molecule has 0 radical (unpaired) electrons. The maximum absolute atomic E-state index is 15.0. The molecule has 1 aliphatic carbocycles. The molecule has 37 heavy (non-hydrogen) atoms. The Bertz CT molecular complexity index is 1350. The smallest absolute Gasteiger partial charge is 0.263 e. The summed E-state index contributed by atoms with van der Waals surface area (Å²) in [5, 5.41) is 6.34. The molecule has 0 unspecified atom stereocenters. The van der Waals surface area contributed by atoms with Crippen molar-refractivity contribution < 1.29 is 17.5 Å². The molecule has 1 fully saturated rings. The number of sulfonamides is 1. The van der Waals surface area contributed by atoms with E-state index in [1.807, 2.05) is 7.05 Å². The van der Waals surface area contributed by atoms with Crippen molar-refractivity contribution in [1.82, 2.24) is 20.3 Å². The first kappa shape index (κ1) is 26.8. The fourth-order valence-corrected chi connectivity index (χ4v) is 5.32. The first-order valence-corrected chi connectivity index (χ1v) is 13.6. The van der Waals surface area contributed by atoms with Crippen molar-refractivity contribution in [2.45, 2.75) is 42.7 Å². The van der Waals surface area contributed by atoms with Crippen LogP contribution in [0.2, 0.25) is 5.02 Å². The normalized spacial score (nSPS) is 18.1. The highest BCUT2D eigenvalue weighted by Crippen LogP contribution is 2.34. The van der Waals surface area contributed by atoms with Gasteiger partial charge in [0.25, 0.3) is 10.0 Å². The molecule has 0 amide bonds. The van der Waals surface area contributed by atoms with Crippen molar-refractivity contribution in [2.75, 3.05) is 24.2 Å². The first-order valence-electron chi connectivity index (χ1n) is 11.8. The maximum Gasteiger partial charge on any atom is 0.263 e. The molecule has 12 heteroatoms. The number of halogens is 2. The molecular weight excluding hydrogens is 519 g/mol. The van der Waals surface area contributed by atoms with Crippen LogP contribution < -0.4 is 20.1 Å². The van der Waals surface area contributed by atoms with Gasteiger partial charge in [-0.15, -0.1) is 0 Å². The van der Waals surface area contributed by atoms with Crippen LogP contribution in [0, 0.1) is 5.82 Å². The number of rotatable bonds is 9. The van der Waals surface area contributed by atoms with E-state index >= 15 is 4.39 Å². The third-order valence-electron chi connectivity index (χ3n) is 6.14. The van der Waals surface area contributed by atoms with E-state index in [4.69, 9.17) is 16.3 Å². The average Bonchev–Trinajstić information content (AvgIpc) is 2.92. The highest BCUT2D eigenvalue weighted by Gasteiger charge is 2.23. The predicted molar refractivity (Wildman–Crippen MR) is 143 cm³/mol. The average molecular weight is 547 g/mol.